The fourth-order valence-electron chi connectivity index (χ4n) is 3.34. The molecule has 3 aliphatic rings. The number of ether oxygens (including phenoxy) is 2. The fraction of sp³-hybridized carbons (Fsp3) is 0.421. The standard InChI is InChI=1S/C19H22N2O4S/c22-26(23)14-2-11-21-10-1-3-18(19(21)20-26)15-4-6-16(7-5-15)25-17-8-12-24-13-9-17/h1,3-7,10,17H,2,8-9,11-14H2. The van der Waals surface area contributed by atoms with Crippen LogP contribution in [0.3, 0.4) is 0 Å². The highest BCUT2D eigenvalue weighted by atomic mass is 32.2. The summed E-state index contributed by atoms with van der Waals surface area (Å²) in [7, 11) is -3.42. The zero-order valence-electron chi connectivity index (χ0n) is 14.5. The molecule has 0 amide bonds. The average molecular weight is 374 g/mol. The summed E-state index contributed by atoms with van der Waals surface area (Å²) in [5.41, 5.74) is 1.74. The Hall–Kier alpha value is -2.12. The number of rotatable bonds is 3. The van der Waals surface area contributed by atoms with Crippen molar-refractivity contribution in [2.45, 2.75) is 25.4 Å². The Labute approximate surface area is 153 Å². The van der Waals surface area contributed by atoms with Gasteiger partial charge >= 0.3 is 0 Å². The molecule has 7 heteroatoms. The van der Waals surface area contributed by atoms with Gasteiger partial charge in [-0.15, -0.1) is 4.40 Å². The average Bonchev–Trinajstić information content (AvgIpc) is 2.80. The molecular formula is C19H22N2O4S. The van der Waals surface area contributed by atoms with E-state index < -0.39 is 10.0 Å². The maximum atomic E-state index is 12.1. The Morgan fingerprint density at radius 3 is 2.69 bits per heavy atom. The molecule has 0 atom stereocenters. The first-order valence-corrected chi connectivity index (χ1v) is 10.5. The van der Waals surface area contributed by atoms with Crippen LogP contribution >= 0.6 is 0 Å². The van der Waals surface area contributed by atoms with Crippen LogP contribution in [-0.2, 0) is 14.8 Å². The van der Waals surface area contributed by atoms with Gasteiger partial charge < -0.3 is 14.4 Å². The first-order chi connectivity index (χ1) is 12.6. The van der Waals surface area contributed by atoms with Crippen LogP contribution in [0.2, 0.25) is 0 Å². The number of allylic oxidation sites excluding steroid dienone is 2. The molecule has 4 rings (SSSR count). The zero-order chi connectivity index (χ0) is 18.0. The van der Waals surface area contributed by atoms with Gasteiger partial charge in [0.25, 0.3) is 10.0 Å². The molecular weight excluding hydrogens is 352 g/mol. The van der Waals surface area contributed by atoms with Gasteiger partial charge in [0.05, 0.1) is 19.0 Å². The first kappa shape index (κ1) is 17.3. The van der Waals surface area contributed by atoms with Gasteiger partial charge in [0.2, 0.25) is 0 Å². The SMILES string of the molecule is O=S1(=O)CCCN2C=CC=C(c3ccc(OC4CCOCC4)cc3)C2=N1. The lowest BCUT2D eigenvalue weighted by molar-refractivity contribution is 0.0256. The van der Waals surface area contributed by atoms with E-state index in [0.29, 0.717) is 18.8 Å². The highest BCUT2D eigenvalue weighted by molar-refractivity contribution is 7.90. The second-order valence-electron chi connectivity index (χ2n) is 6.62. The molecule has 0 N–H and O–H groups in total. The lowest BCUT2D eigenvalue weighted by atomic mass is 10.0. The minimum Gasteiger partial charge on any atom is -0.490 e. The number of hydrogen-bond acceptors (Lipinski definition) is 5. The van der Waals surface area contributed by atoms with Crippen LogP contribution < -0.4 is 4.74 Å². The highest BCUT2D eigenvalue weighted by Gasteiger charge is 2.25. The number of benzene rings is 1. The minimum atomic E-state index is -3.42. The predicted octanol–water partition coefficient (Wildman–Crippen LogP) is 2.59. The Bertz CT molecular complexity index is 850. The van der Waals surface area contributed by atoms with E-state index in [9.17, 15) is 8.42 Å². The third kappa shape index (κ3) is 3.83. The van der Waals surface area contributed by atoms with E-state index in [-0.39, 0.29) is 11.9 Å². The monoisotopic (exact) mass is 374 g/mol. The van der Waals surface area contributed by atoms with E-state index in [1.807, 2.05) is 47.5 Å². The van der Waals surface area contributed by atoms with Crippen molar-refractivity contribution in [1.82, 2.24) is 4.90 Å². The van der Waals surface area contributed by atoms with Crippen LogP contribution in [0, 0.1) is 0 Å². The third-order valence-corrected chi connectivity index (χ3v) is 5.96. The summed E-state index contributed by atoms with van der Waals surface area (Å²) in [4.78, 5) is 1.91. The normalized spacial score (nSPS) is 22.8. The number of fused-ring (bicyclic) bond motifs is 1. The smallest absolute Gasteiger partial charge is 0.255 e. The minimum absolute atomic E-state index is 0.0893. The molecule has 138 valence electrons. The second kappa shape index (κ2) is 7.25. The molecule has 0 aliphatic carbocycles. The van der Waals surface area contributed by atoms with Crippen LogP contribution in [0.25, 0.3) is 5.57 Å². The topological polar surface area (TPSA) is 68.2 Å². The molecule has 3 aliphatic heterocycles. The summed E-state index contributed by atoms with van der Waals surface area (Å²) in [6.45, 7) is 2.13. The highest BCUT2D eigenvalue weighted by Crippen LogP contribution is 2.27. The summed E-state index contributed by atoms with van der Waals surface area (Å²) in [6.07, 6.45) is 8.29. The van der Waals surface area contributed by atoms with Crippen molar-refractivity contribution in [3.8, 4) is 5.75 Å². The molecule has 1 aromatic rings. The van der Waals surface area contributed by atoms with Gasteiger partial charge in [0.15, 0.2) is 5.84 Å². The summed E-state index contributed by atoms with van der Waals surface area (Å²) in [5.74, 6) is 1.41. The molecule has 1 aromatic carbocycles. The largest absolute Gasteiger partial charge is 0.490 e. The van der Waals surface area contributed by atoms with Crippen LogP contribution in [0.5, 0.6) is 5.75 Å². The molecule has 6 nitrogen and oxygen atoms in total. The Kier molecular flexibility index (Phi) is 4.82. The summed E-state index contributed by atoms with van der Waals surface area (Å²) < 4.78 is 39.6. The molecule has 0 radical (unpaired) electrons. The Morgan fingerprint density at radius 1 is 1.15 bits per heavy atom. The maximum absolute atomic E-state index is 12.1. The zero-order valence-corrected chi connectivity index (χ0v) is 15.3. The van der Waals surface area contributed by atoms with E-state index in [1.165, 1.54) is 0 Å². The van der Waals surface area contributed by atoms with Gasteiger partial charge in [-0.05, 0) is 36.3 Å². The molecule has 1 fully saturated rings. The lowest BCUT2D eigenvalue weighted by Gasteiger charge is -2.25. The van der Waals surface area contributed by atoms with Crippen molar-refractivity contribution in [3.63, 3.8) is 0 Å². The van der Waals surface area contributed by atoms with Crippen LogP contribution in [0.4, 0.5) is 0 Å². The fourth-order valence-corrected chi connectivity index (χ4v) is 4.40. The summed E-state index contributed by atoms with van der Waals surface area (Å²) >= 11 is 0. The van der Waals surface area contributed by atoms with E-state index in [2.05, 4.69) is 4.40 Å². The van der Waals surface area contributed by atoms with E-state index in [4.69, 9.17) is 9.47 Å². The molecule has 0 aromatic heterocycles. The molecule has 26 heavy (non-hydrogen) atoms. The van der Waals surface area contributed by atoms with Gasteiger partial charge in [0, 0.05) is 31.2 Å². The van der Waals surface area contributed by atoms with E-state index >= 15 is 0 Å². The van der Waals surface area contributed by atoms with Gasteiger partial charge in [-0.25, -0.2) is 8.42 Å². The second-order valence-corrected chi connectivity index (χ2v) is 8.38. The van der Waals surface area contributed by atoms with Gasteiger partial charge in [-0.2, -0.15) is 0 Å². The van der Waals surface area contributed by atoms with Crippen LogP contribution in [0.1, 0.15) is 24.8 Å². The summed E-state index contributed by atoms with van der Waals surface area (Å²) in [5, 5.41) is 0. The number of nitrogens with zero attached hydrogens (tertiary/aromatic N) is 2. The van der Waals surface area contributed by atoms with Crippen molar-refractivity contribution in [2.75, 3.05) is 25.5 Å². The molecule has 0 spiro atoms. The van der Waals surface area contributed by atoms with Gasteiger partial charge in [-0.3, -0.25) is 0 Å². The van der Waals surface area contributed by atoms with Crippen molar-refractivity contribution in [2.24, 2.45) is 4.40 Å². The summed E-state index contributed by atoms with van der Waals surface area (Å²) in [6, 6.07) is 7.77. The third-order valence-electron chi connectivity index (χ3n) is 4.71. The Balaban J connectivity index is 1.57. The van der Waals surface area contributed by atoms with Crippen molar-refractivity contribution in [3.05, 3.63) is 48.2 Å². The van der Waals surface area contributed by atoms with Crippen molar-refractivity contribution in [1.29, 1.82) is 0 Å². The van der Waals surface area contributed by atoms with E-state index in [1.54, 1.807) is 0 Å². The molecule has 1 saturated heterocycles. The maximum Gasteiger partial charge on any atom is 0.255 e. The quantitative estimate of drug-likeness (QED) is 0.813. The molecule has 0 unspecified atom stereocenters. The molecule has 3 heterocycles. The Morgan fingerprint density at radius 2 is 1.92 bits per heavy atom. The van der Waals surface area contributed by atoms with Crippen LogP contribution in [-0.4, -0.2) is 50.8 Å². The predicted molar refractivity (Wildman–Crippen MR) is 101 cm³/mol. The lowest BCUT2D eigenvalue weighted by Crippen LogP contribution is -2.28. The van der Waals surface area contributed by atoms with Crippen LogP contribution in [0.15, 0.2) is 47.0 Å². The number of amidine groups is 1. The number of sulfonamides is 1. The van der Waals surface area contributed by atoms with Crippen molar-refractivity contribution < 1.29 is 17.9 Å². The molecule has 0 saturated carbocycles. The first-order valence-electron chi connectivity index (χ1n) is 8.94. The van der Waals surface area contributed by atoms with E-state index in [0.717, 1.165) is 42.9 Å². The van der Waals surface area contributed by atoms with Gasteiger partial charge in [0.1, 0.15) is 11.9 Å². The molecule has 0 bridgehead atoms. The number of hydrogen-bond donors (Lipinski definition) is 0. The van der Waals surface area contributed by atoms with Crippen molar-refractivity contribution >= 4 is 21.4 Å². The van der Waals surface area contributed by atoms with Gasteiger partial charge in [-0.1, -0.05) is 12.1 Å².